The quantitative estimate of drug-likeness (QED) is 0.479. The van der Waals surface area contributed by atoms with Crippen LogP contribution in [0.4, 0.5) is 10.5 Å². The van der Waals surface area contributed by atoms with Gasteiger partial charge in [-0.15, -0.1) is 0 Å². The second-order valence-electron chi connectivity index (χ2n) is 12.7. The monoisotopic (exact) mass is 568 g/mol. The van der Waals surface area contributed by atoms with Crippen molar-refractivity contribution in [2.24, 2.45) is 5.92 Å². The van der Waals surface area contributed by atoms with Crippen LogP contribution in [0.2, 0.25) is 0 Å². The van der Waals surface area contributed by atoms with Gasteiger partial charge in [-0.3, -0.25) is 24.6 Å². The van der Waals surface area contributed by atoms with Crippen molar-refractivity contribution in [3.05, 3.63) is 29.3 Å². The van der Waals surface area contributed by atoms with Crippen molar-refractivity contribution in [2.75, 3.05) is 63.8 Å². The summed E-state index contributed by atoms with van der Waals surface area (Å²) >= 11 is 0. The SMILES string of the molecule is CC(C)(C)OC(=O)NCCN1CCC(CN2CCN(c3ccc4c(c3)CN(C3CCC(=O)NC3=O)C4=O)CC2)CC1. The van der Waals surface area contributed by atoms with Gasteiger partial charge in [0, 0.05) is 70.0 Å². The fraction of sp³-hybridized carbons (Fsp3) is 0.667. The van der Waals surface area contributed by atoms with Crippen molar-refractivity contribution in [1.82, 2.24) is 25.3 Å². The van der Waals surface area contributed by atoms with Crippen LogP contribution < -0.4 is 15.5 Å². The average Bonchev–Trinajstić information content (AvgIpc) is 3.24. The van der Waals surface area contributed by atoms with E-state index in [1.807, 2.05) is 32.9 Å². The van der Waals surface area contributed by atoms with Gasteiger partial charge in [0.1, 0.15) is 11.6 Å². The number of nitrogens with one attached hydrogen (secondary N) is 2. The van der Waals surface area contributed by atoms with Gasteiger partial charge in [0.25, 0.3) is 5.91 Å². The molecule has 4 heterocycles. The Hall–Kier alpha value is -3.18. The third-order valence-electron chi connectivity index (χ3n) is 8.56. The highest BCUT2D eigenvalue weighted by Gasteiger charge is 2.39. The molecule has 0 aliphatic carbocycles. The van der Waals surface area contributed by atoms with Crippen molar-refractivity contribution < 1.29 is 23.9 Å². The first-order chi connectivity index (χ1) is 19.6. The Kier molecular flexibility index (Phi) is 8.84. The number of ether oxygens (including phenoxy) is 1. The summed E-state index contributed by atoms with van der Waals surface area (Å²) in [4.78, 5) is 57.7. The molecule has 11 nitrogen and oxygen atoms in total. The van der Waals surface area contributed by atoms with E-state index in [1.54, 1.807) is 4.90 Å². The summed E-state index contributed by atoms with van der Waals surface area (Å²) < 4.78 is 5.31. The molecule has 1 aromatic rings. The molecule has 0 aromatic heterocycles. The lowest BCUT2D eigenvalue weighted by atomic mass is 9.96. The Morgan fingerprint density at radius 2 is 1.73 bits per heavy atom. The Labute approximate surface area is 242 Å². The number of benzene rings is 1. The number of rotatable bonds is 7. The fourth-order valence-corrected chi connectivity index (χ4v) is 6.33. The highest BCUT2D eigenvalue weighted by atomic mass is 16.6. The van der Waals surface area contributed by atoms with Crippen molar-refractivity contribution in [3.8, 4) is 0 Å². The number of piperidine rings is 2. The largest absolute Gasteiger partial charge is 0.444 e. The van der Waals surface area contributed by atoms with Crippen LogP contribution in [0.25, 0.3) is 0 Å². The van der Waals surface area contributed by atoms with Gasteiger partial charge in [-0.2, -0.15) is 0 Å². The van der Waals surface area contributed by atoms with Gasteiger partial charge in [0.2, 0.25) is 11.8 Å². The number of nitrogens with zero attached hydrogens (tertiary/aromatic N) is 4. The standard InChI is InChI=1S/C30H44N6O5/c1-30(2,3)41-29(40)31-10-13-33-11-8-21(9-12-33)19-34-14-16-35(17-15-34)23-4-5-24-22(18-23)20-36(28(24)39)25-6-7-26(37)32-27(25)38/h4-5,18,21,25H,6-17,19-20H2,1-3H3,(H,31,40)(H,32,37,38). The first kappa shape index (κ1) is 29.3. The molecule has 3 fully saturated rings. The van der Waals surface area contributed by atoms with Gasteiger partial charge in [-0.1, -0.05) is 0 Å². The molecule has 3 saturated heterocycles. The van der Waals surface area contributed by atoms with Crippen LogP contribution in [0.15, 0.2) is 18.2 Å². The highest BCUT2D eigenvalue weighted by molar-refractivity contribution is 6.05. The van der Waals surface area contributed by atoms with Gasteiger partial charge in [-0.05, 0) is 82.8 Å². The van der Waals surface area contributed by atoms with Crippen molar-refractivity contribution in [2.45, 2.75) is 64.6 Å². The number of hydrogen-bond acceptors (Lipinski definition) is 8. The number of carbonyl (C=O) groups excluding carboxylic acids is 4. The Bertz CT molecular complexity index is 1150. The van der Waals surface area contributed by atoms with E-state index in [0.717, 1.165) is 63.6 Å². The second kappa shape index (κ2) is 12.4. The van der Waals surface area contributed by atoms with Crippen LogP contribution in [0.3, 0.4) is 0 Å². The number of carbonyl (C=O) groups is 4. The van der Waals surface area contributed by atoms with E-state index in [0.29, 0.717) is 31.0 Å². The number of anilines is 1. The van der Waals surface area contributed by atoms with E-state index in [1.165, 1.54) is 12.8 Å². The summed E-state index contributed by atoms with van der Waals surface area (Å²) in [5.41, 5.74) is 2.25. The van der Waals surface area contributed by atoms with Gasteiger partial charge >= 0.3 is 6.09 Å². The number of alkyl carbamates (subject to hydrolysis) is 1. The lowest BCUT2D eigenvalue weighted by Gasteiger charge is -2.39. The number of fused-ring (bicyclic) bond motifs is 1. The topological polar surface area (TPSA) is 115 Å². The molecule has 224 valence electrons. The summed E-state index contributed by atoms with van der Waals surface area (Å²) in [7, 11) is 0. The Morgan fingerprint density at radius 3 is 2.41 bits per heavy atom. The molecule has 0 radical (unpaired) electrons. The maximum atomic E-state index is 13.0. The maximum Gasteiger partial charge on any atom is 0.407 e. The summed E-state index contributed by atoms with van der Waals surface area (Å²) in [5, 5.41) is 5.22. The molecular formula is C30H44N6O5. The first-order valence-electron chi connectivity index (χ1n) is 15.0. The minimum absolute atomic E-state index is 0.129. The van der Waals surface area contributed by atoms with Crippen LogP contribution in [0.5, 0.6) is 0 Å². The minimum atomic E-state index is -0.583. The summed E-state index contributed by atoms with van der Waals surface area (Å²) in [6.07, 6.45) is 2.64. The van der Waals surface area contributed by atoms with E-state index in [2.05, 4.69) is 31.4 Å². The molecule has 0 bridgehead atoms. The van der Waals surface area contributed by atoms with Crippen molar-refractivity contribution in [1.29, 1.82) is 0 Å². The number of piperazine rings is 1. The summed E-state index contributed by atoms with van der Waals surface area (Å²) in [5.74, 6) is -0.0799. The summed E-state index contributed by atoms with van der Waals surface area (Å²) in [6, 6.07) is 5.43. The minimum Gasteiger partial charge on any atom is -0.444 e. The molecule has 1 unspecified atom stereocenters. The predicted octanol–water partition coefficient (Wildman–Crippen LogP) is 1.81. The molecule has 5 rings (SSSR count). The average molecular weight is 569 g/mol. The fourth-order valence-electron chi connectivity index (χ4n) is 6.33. The molecular weight excluding hydrogens is 524 g/mol. The molecule has 11 heteroatoms. The van der Waals surface area contributed by atoms with Crippen LogP contribution in [0, 0.1) is 5.92 Å². The number of amides is 4. The molecule has 0 saturated carbocycles. The maximum absolute atomic E-state index is 13.0. The molecule has 1 atom stereocenters. The predicted molar refractivity (Wildman–Crippen MR) is 155 cm³/mol. The molecule has 41 heavy (non-hydrogen) atoms. The van der Waals surface area contributed by atoms with Crippen LogP contribution >= 0.6 is 0 Å². The molecule has 4 amide bonds. The first-order valence-corrected chi connectivity index (χ1v) is 15.0. The van der Waals surface area contributed by atoms with E-state index >= 15 is 0 Å². The van der Waals surface area contributed by atoms with Gasteiger partial charge < -0.3 is 24.8 Å². The normalized spacial score (nSPS) is 23.0. The molecule has 0 spiro atoms. The number of imide groups is 1. The van der Waals surface area contributed by atoms with Crippen LogP contribution in [-0.4, -0.2) is 109 Å². The van der Waals surface area contributed by atoms with Crippen LogP contribution in [0.1, 0.15) is 62.4 Å². The third kappa shape index (κ3) is 7.37. The zero-order valence-electron chi connectivity index (χ0n) is 24.6. The summed E-state index contributed by atoms with van der Waals surface area (Å²) in [6.45, 7) is 14.6. The molecule has 4 aliphatic heterocycles. The lowest BCUT2D eigenvalue weighted by Crippen LogP contribution is -2.52. The zero-order valence-corrected chi connectivity index (χ0v) is 24.6. The lowest BCUT2D eigenvalue weighted by molar-refractivity contribution is -0.136. The van der Waals surface area contributed by atoms with Gasteiger partial charge in [0.15, 0.2) is 0 Å². The van der Waals surface area contributed by atoms with E-state index in [-0.39, 0.29) is 30.2 Å². The molecule has 4 aliphatic rings. The Balaban J connectivity index is 1.03. The second-order valence-corrected chi connectivity index (χ2v) is 12.7. The molecule has 2 N–H and O–H groups in total. The van der Waals surface area contributed by atoms with Gasteiger partial charge in [-0.25, -0.2) is 4.79 Å². The van der Waals surface area contributed by atoms with Gasteiger partial charge in [0.05, 0.1) is 0 Å². The van der Waals surface area contributed by atoms with E-state index in [9.17, 15) is 19.2 Å². The zero-order chi connectivity index (χ0) is 29.1. The van der Waals surface area contributed by atoms with E-state index in [4.69, 9.17) is 4.74 Å². The Morgan fingerprint density at radius 1 is 1.00 bits per heavy atom. The number of likely N-dealkylation sites (tertiary alicyclic amines) is 1. The number of hydrogen-bond donors (Lipinski definition) is 2. The smallest absolute Gasteiger partial charge is 0.407 e. The third-order valence-corrected chi connectivity index (χ3v) is 8.56. The highest BCUT2D eigenvalue weighted by Crippen LogP contribution is 2.31. The van der Waals surface area contributed by atoms with E-state index < -0.39 is 11.6 Å². The van der Waals surface area contributed by atoms with Crippen molar-refractivity contribution >= 4 is 29.5 Å². The molecule has 1 aromatic carbocycles. The van der Waals surface area contributed by atoms with Crippen LogP contribution in [-0.2, 0) is 20.9 Å². The van der Waals surface area contributed by atoms with Crippen molar-refractivity contribution in [3.63, 3.8) is 0 Å².